The van der Waals surface area contributed by atoms with Crippen LogP contribution in [0.3, 0.4) is 0 Å². The van der Waals surface area contributed by atoms with E-state index in [4.69, 9.17) is 16.3 Å². The molecule has 104 valence electrons. The zero-order valence-corrected chi connectivity index (χ0v) is 11.8. The second-order valence-corrected chi connectivity index (χ2v) is 4.42. The van der Waals surface area contributed by atoms with Gasteiger partial charge in [-0.2, -0.15) is 4.98 Å². The summed E-state index contributed by atoms with van der Waals surface area (Å²) in [4.78, 5) is 19.9. The van der Waals surface area contributed by atoms with E-state index in [1.54, 1.807) is 30.3 Å². The van der Waals surface area contributed by atoms with Gasteiger partial charge in [0, 0.05) is 16.7 Å². The van der Waals surface area contributed by atoms with Crippen LogP contribution in [0, 0.1) is 0 Å². The van der Waals surface area contributed by atoms with Gasteiger partial charge < -0.3 is 9.47 Å². The van der Waals surface area contributed by atoms with Crippen molar-refractivity contribution in [2.24, 2.45) is 0 Å². The average Bonchev–Trinajstić information content (AvgIpc) is 2.47. The van der Waals surface area contributed by atoms with Gasteiger partial charge in [-0.1, -0.05) is 11.6 Å². The van der Waals surface area contributed by atoms with Crippen LogP contribution < -0.4 is 4.74 Å². The summed E-state index contributed by atoms with van der Waals surface area (Å²) < 4.78 is 9.76. The van der Waals surface area contributed by atoms with Crippen molar-refractivity contribution in [3.63, 3.8) is 0 Å². The lowest BCUT2D eigenvalue weighted by Crippen LogP contribution is -2.08. The number of nitrogens with zero attached hydrogens (tertiary/aromatic N) is 2. The minimum atomic E-state index is -0.368. The average molecular weight is 293 g/mol. The van der Waals surface area contributed by atoms with E-state index in [1.807, 2.05) is 0 Å². The van der Waals surface area contributed by atoms with Crippen LogP contribution in [-0.4, -0.2) is 30.2 Å². The molecule has 20 heavy (non-hydrogen) atoms. The smallest absolute Gasteiger partial charge is 0.311 e. The fourth-order valence-electron chi connectivity index (χ4n) is 1.62. The van der Waals surface area contributed by atoms with Gasteiger partial charge in [-0.25, -0.2) is 4.98 Å². The summed E-state index contributed by atoms with van der Waals surface area (Å²) in [6, 6.07) is 8.72. The number of aromatic nitrogens is 2. The van der Waals surface area contributed by atoms with E-state index in [9.17, 15) is 4.79 Å². The SMILES string of the molecule is COC(=O)Cc1cc(OC)nc(-c2ccc(Cl)cc2)n1. The molecule has 0 bridgehead atoms. The molecule has 0 aliphatic rings. The van der Waals surface area contributed by atoms with Crippen LogP contribution in [0.2, 0.25) is 5.02 Å². The first kappa shape index (κ1) is 14.3. The molecule has 0 spiro atoms. The van der Waals surface area contributed by atoms with Crippen molar-refractivity contribution in [1.29, 1.82) is 0 Å². The molecule has 0 saturated heterocycles. The number of ether oxygens (including phenoxy) is 2. The third-order valence-electron chi connectivity index (χ3n) is 2.62. The van der Waals surface area contributed by atoms with Crippen molar-refractivity contribution >= 4 is 17.6 Å². The van der Waals surface area contributed by atoms with E-state index >= 15 is 0 Å². The number of benzene rings is 1. The fourth-order valence-corrected chi connectivity index (χ4v) is 1.74. The molecule has 1 aromatic heterocycles. The van der Waals surface area contributed by atoms with Crippen LogP contribution in [-0.2, 0) is 16.0 Å². The Labute approximate surface area is 121 Å². The third kappa shape index (κ3) is 3.45. The van der Waals surface area contributed by atoms with Gasteiger partial charge in [-0.05, 0) is 24.3 Å². The van der Waals surface area contributed by atoms with Crippen molar-refractivity contribution in [2.45, 2.75) is 6.42 Å². The van der Waals surface area contributed by atoms with Gasteiger partial charge in [-0.3, -0.25) is 4.79 Å². The first-order valence-electron chi connectivity index (χ1n) is 5.87. The lowest BCUT2D eigenvalue weighted by atomic mass is 10.2. The summed E-state index contributed by atoms with van der Waals surface area (Å²) >= 11 is 5.85. The molecule has 5 nitrogen and oxygen atoms in total. The molecule has 1 aromatic carbocycles. The monoisotopic (exact) mass is 292 g/mol. The number of carbonyl (C=O) groups is 1. The Morgan fingerprint density at radius 2 is 1.90 bits per heavy atom. The highest BCUT2D eigenvalue weighted by Crippen LogP contribution is 2.21. The first-order valence-corrected chi connectivity index (χ1v) is 6.25. The summed E-state index contributed by atoms with van der Waals surface area (Å²) in [5.41, 5.74) is 1.33. The van der Waals surface area contributed by atoms with Crippen molar-refractivity contribution in [2.75, 3.05) is 14.2 Å². The predicted octanol–water partition coefficient (Wildman–Crippen LogP) is 2.52. The topological polar surface area (TPSA) is 61.3 Å². The summed E-state index contributed by atoms with van der Waals surface area (Å²) in [5, 5.41) is 0.631. The second-order valence-electron chi connectivity index (χ2n) is 3.99. The third-order valence-corrected chi connectivity index (χ3v) is 2.87. The number of hydrogen-bond acceptors (Lipinski definition) is 5. The number of methoxy groups -OCH3 is 2. The molecular formula is C14H13ClN2O3. The first-order chi connectivity index (χ1) is 9.62. The van der Waals surface area contributed by atoms with Gasteiger partial charge in [0.2, 0.25) is 5.88 Å². The number of hydrogen-bond donors (Lipinski definition) is 0. The Bertz CT molecular complexity index is 614. The highest BCUT2D eigenvalue weighted by molar-refractivity contribution is 6.30. The molecule has 0 aliphatic carbocycles. The molecule has 2 rings (SSSR count). The van der Waals surface area contributed by atoms with Crippen LogP contribution in [0.4, 0.5) is 0 Å². The van der Waals surface area contributed by atoms with Gasteiger partial charge in [0.05, 0.1) is 26.3 Å². The standard InChI is InChI=1S/C14H13ClN2O3/c1-19-12-7-11(8-13(18)20-2)16-14(17-12)9-3-5-10(15)6-4-9/h3-7H,8H2,1-2H3. The quantitative estimate of drug-likeness (QED) is 0.810. The van der Waals surface area contributed by atoms with E-state index in [-0.39, 0.29) is 12.4 Å². The maximum absolute atomic E-state index is 11.3. The Kier molecular flexibility index (Phi) is 4.53. The predicted molar refractivity (Wildman–Crippen MR) is 74.8 cm³/mol. The normalized spacial score (nSPS) is 10.2. The molecule has 0 atom stereocenters. The zero-order valence-electron chi connectivity index (χ0n) is 11.1. The maximum atomic E-state index is 11.3. The number of halogens is 1. The van der Waals surface area contributed by atoms with Gasteiger partial charge >= 0.3 is 5.97 Å². The van der Waals surface area contributed by atoms with Gasteiger partial charge in [-0.15, -0.1) is 0 Å². The van der Waals surface area contributed by atoms with Crippen molar-refractivity contribution in [3.05, 3.63) is 41.0 Å². The molecule has 0 saturated carbocycles. The molecule has 0 N–H and O–H groups in total. The van der Waals surface area contributed by atoms with Crippen LogP contribution in [0.15, 0.2) is 30.3 Å². The number of esters is 1. The van der Waals surface area contributed by atoms with E-state index in [0.29, 0.717) is 22.4 Å². The van der Waals surface area contributed by atoms with Crippen LogP contribution in [0.25, 0.3) is 11.4 Å². The molecule has 1 heterocycles. The molecule has 0 radical (unpaired) electrons. The molecular weight excluding hydrogens is 280 g/mol. The van der Waals surface area contributed by atoms with Gasteiger partial charge in [0.15, 0.2) is 5.82 Å². The Morgan fingerprint density at radius 1 is 1.20 bits per heavy atom. The summed E-state index contributed by atoms with van der Waals surface area (Å²) in [7, 11) is 2.84. The van der Waals surface area contributed by atoms with Crippen molar-refractivity contribution in [3.8, 4) is 17.3 Å². The van der Waals surface area contributed by atoms with E-state index in [2.05, 4.69) is 14.7 Å². The summed E-state index contributed by atoms with van der Waals surface area (Å²) in [6.45, 7) is 0. The highest BCUT2D eigenvalue weighted by Gasteiger charge is 2.11. The molecule has 0 fully saturated rings. The molecule has 6 heteroatoms. The van der Waals surface area contributed by atoms with Crippen LogP contribution in [0.5, 0.6) is 5.88 Å². The largest absolute Gasteiger partial charge is 0.481 e. The van der Waals surface area contributed by atoms with Crippen LogP contribution >= 0.6 is 11.6 Å². The summed E-state index contributed by atoms with van der Waals surface area (Å²) in [6.07, 6.45) is 0.0654. The van der Waals surface area contributed by atoms with Gasteiger partial charge in [0.1, 0.15) is 0 Å². The molecule has 2 aromatic rings. The van der Waals surface area contributed by atoms with E-state index in [1.165, 1.54) is 14.2 Å². The Balaban J connectivity index is 2.39. The summed E-state index contributed by atoms with van der Waals surface area (Å²) in [5.74, 6) is 0.497. The Hall–Kier alpha value is -2.14. The molecule has 0 aliphatic heterocycles. The minimum absolute atomic E-state index is 0.0654. The lowest BCUT2D eigenvalue weighted by Gasteiger charge is -2.07. The van der Waals surface area contributed by atoms with E-state index < -0.39 is 0 Å². The minimum Gasteiger partial charge on any atom is -0.481 e. The molecule has 0 unspecified atom stereocenters. The molecule has 0 amide bonds. The van der Waals surface area contributed by atoms with E-state index in [0.717, 1.165) is 5.56 Å². The Morgan fingerprint density at radius 3 is 2.50 bits per heavy atom. The lowest BCUT2D eigenvalue weighted by molar-refractivity contribution is -0.139. The van der Waals surface area contributed by atoms with Crippen molar-refractivity contribution in [1.82, 2.24) is 9.97 Å². The number of rotatable bonds is 4. The second kappa shape index (κ2) is 6.34. The van der Waals surface area contributed by atoms with Gasteiger partial charge in [0.25, 0.3) is 0 Å². The fraction of sp³-hybridized carbons (Fsp3) is 0.214. The highest BCUT2D eigenvalue weighted by atomic mass is 35.5. The van der Waals surface area contributed by atoms with Crippen molar-refractivity contribution < 1.29 is 14.3 Å². The van der Waals surface area contributed by atoms with Crippen LogP contribution in [0.1, 0.15) is 5.69 Å². The maximum Gasteiger partial charge on any atom is 0.311 e. The number of carbonyl (C=O) groups excluding carboxylic acids is 1. The zero-order chi connectivity index (χ0) is 14.5.